The Bertz CT molecular complexity index is 545. The van der Waals surface area contributed by atoms with Gasteiger partial charge in [-0.2, -0.15) is 18.4 Å². The predicted octanol–water partition coefficient (Wildman–Crippen LogP) is 2.75. The minimum absolute atomic E-state index is 0.138. The number of alkyl halides is 3. The number of nitrogens with zero attached hydrogens (tertiary/aromatic N) is 2. The molecule has 94 valence electrons. The number of hydrogen-bond donors (Lipinski definition) is 0. The van der Waals surface area contributed by atoms with Crippen LogP contribution in [-0.4, -0.2) is 17.4 Å². The summed E-state index contributed by atoms with van der Waals surface area (Å²) >= 11 is 0. The number of rotatable bonds is 1. The van der Waals surface area contributed by atoms with E-state index >= 15 is 0 Å². The molecule has 2 rings (SSSR count). The number of amides is 1. The molecule has 6 heteroatoms. The highest BCUT2D eigenvalue weighted by atomic mass is 19.4. The minimum Gasteiger partial charge on any atom is -0.319 e. The molecule has 1 aromatic rings. The van der Waals surface area contributed by atoms with Gasteiger partial charge in [0.2, 0.25) is 0 Å². The first kappa shape index (κ1) is 12.4. The molecule has 0 radical (unpaired) electrons. The summed E-state index contributed by atoms with van der Waals surface area (Å²) in [6.45, 7) is 1.82. The molecule has 0 aliphatic carbocycles. The average molecular weight is 254 g/mol. The van der Waals surface area contributed by atoms with Gasteiger partial charge in [0.05, 0.1) is 17.2 Å². The van der Waals surface area contributed by atoms with E-state index < -0.39 is 29.3 Å². The summed E-state index contributed by atoms with van der Waals surface area (Å²) in [5.41, 5.74) is -1.22. The molecule has 0 bridgehead atoms. The molecule has 18 heavy (non-hydrogen) atoms. The van der Waals surface area contributed by atoms with Crippen molar-refractivity contribution in [1.82, 2.24) is 4.90 Å². The Hall–Kier alpha value is -2.03. The van der Waals surface area contributed by atoms with Crippen LogP contribution < -0.4 is 0 Å². The highest BCUT2D eigenvalue weighted by Crippen LogP contribution is 2.40. The zero-order valence-corrected chi connectivity index (χ0v) is 9.45. The zero-order valence-electron chi connectivity index (χ0n) is 9.45. The summed E-state index contributed by atoms with van der Waals surface area (Å²) in [6, 6.07) is 4.42. The Morgan fingerprint density at radius 3 is 2.61 bits per heavy atom. The van der Waals surface area contributed by atoms with Crippen molar-refractivity contribution in [2.75, 3.05) is 6.54 Å². The standard InChI is InChI=1S/C12H9F3N2O/c1-2-17-9(6-16)7-4-3-5-8(12(13,14)15)10(7)11(17)18/h3-5,9H,2H2,1H3. The third kappa shape index (κ3) is 1.63. The van der Waals surface area contributed by atoms with Gasteiger partial charge in [0.1, 0.15) is 6.04 Å². The fraction of sp³-hybridized carbons (Fsp3) is 0.333. The molecule has 0 spiro atoms. The van der Waals surface area contributed by atoms with Gasteiger partial charge in [-0.3, -0.25) is 4.79 Å². The number of fused-ring (bicyclic) bond motifs is 1. The molecule has 1 heterocycles. The molecule has 0 aromatic heterocycles. The van der Waals surface area contributed by atoms with Gasteiger partial charge in [-0.15, -0.1) is 0 Å². The minimum atomic E-state index is -4.59. The molecule has 1 aliphatic rings. The van der Waals surface area contributed by atoms with Crippen LogP contribution in [0.1, 0.15) is 34.5 Å². The van der Waals surface area contributed by atoms with E-state index in [0.717, 1.165) is 11.0 Å². The second-order valence-electron chi connectivity index (χ2n) is 3.89. The van der Waals surface area contributed by atoms with Crippen LogP contribution in [0, 0.1) is 11.3 Å². The second kappa shape index (κ2) is 4.02. The van der Waals surface area contributed by atoms with E-state index in [1.807, 2.05) is 6.07 Å². The summed E-state index contributed by atoms with van der Waals surface area (Å²) in [6.07, 6.45) is -4.59. The zero-order chi connectivity index (χ0) is 13.5. The van der Waals surface area contributed by atoms with Gasteiger partial charge < -0.3 is 4.90 Å². The van der Waals surface area contributed by atoms with Gasteiger partial charge in [0.15, 0.2) is 0 Å². The van der Waals surface area contributed by atoms with Gasteiger partial charge >= 0.3 is 6.18 Å². The maximum Gasteiger partial charge on any atom is 0.417 e. The number of benzene rings is 1. The molecule has 0 saturated carbocycles. The third-order valence-electron chi connectivity index (χ3n) is 2.95. The lowest BCUT2D eigenvalue weighted by atomic mass is 10.00. The number of carbonyl (C=O) groups excluding carboxylic acids is 1. The van der Waals surface area contributed by atoms with Crippen LogP contribution in [0.25, 0.3) is 0 Å². The Balaban J connectivity index is 2.68. The number of hydrogen-bond acceptors (Lipinski definition) is 2. The Morgan fingerprint density at radius 2 is 2.11 bits per heavy atom. The van der Waals surface area contributed by atoms with E-state index in [2.05, 4.69) is 0 Å². The first-order valence-electron chi connectivity index (χ1n) is 5.32. The Labute approximate surface area is 101 Å². The molecule has 0 N–H and O–H groups in total. The van der Waals surface area contributed by atoms with Crippen molar-refractivity contribution in [2.45, 2.75) is 19.1 Å². The predicted molar refractivity (Wildman–Crippen MR) is 56.5 cm³/mol. The summed E-state index contributed by atoms with van der Waals surface area (Å²) in [4.78, 5) is 13.1. The van der Waals surface area contributed by atoms with Crippen molar-refractivity contribution in [3.63, 3.8) is 0 Å². The second-order valence-corrected chi connectivity index (χ2v) is 3.89. The van der Waals surface area contributed by atoms with E-state index in [1.54, 1.807) is 6.92 Å². The van der Waals surface area contributed by atoms with Crippen LogP contribution >= 0.6 is 0 Å². The molecule has 1 amide bonds. The summed E-state index contributed by atoms with van der Waals surface area (Å²) in [5, 5.41) is 9.00. The fourth-order valence-electron chi connectivity index (χ4n) is 2.17. The molecule has 0 fully saturated rings. The van der Waals surface area contributed by atoms with E-state index in [4.69, 9.17) is 5.26 Å². The van der Waals surface area contributed by atoms with E-state index in [-0.39, 0.29) is 12.1 Å². The van der Waals surface area contributed by atoms with Gasteiger partial charge in [-0.05, 0) is 13.0 Å². The molecule has 1 aliphatic heterocycles. The SMILES string of the molecule is CCN1C(=O)c2c(cccc2C(F)(F)F)C1C#N. The fourth-order valence-corrected chi connectivity index (χ4v) is 2.17. The van der Waals surface area contributed by atoms with Crippen molar-refractivity contribution in [1.29, 1.82) is 5.26 Å². The van der Waals surface area contributed by atoms with Crippen LogP contribution in [-0.2, 0) is 6.18 Å². The van der Waals surface area contributed by atoms with Crippen molar-refractivity contribution in [3.05, 3.63) is 34.9 Å². The maximum atomic E-state index is 12.8. The van der Waals surface area contributed by atoms with Gasteiger partial charge in [-0.25, -0.2) is 0 Å². The lowest BCUT2D eigenvalue weighted by Gasteiger charge is -2.16. The first-order chi connectivity index (χ1) is 8.41. The monoisotopic (exact) mass is 254 g/mol. The molecule has 1 aromatic carbocycles. The molecule has 0 saturated heterocycles. The van der Waals surface area contributed by atoms with Crippen LogP contribution in [0.2, 0.25) is 0 Å². The average Bonchev–Trinajstić information content (AvgIpc) is 2.60. The Morgan fingerprint density at radius 1 is 1.44 bits per heavy atom. The summed E-state index contributed by atoms with van der Waals surface area (Å²) in [7, 11) is 0. The first-order valence-corrected chi connectivity index (χ1v) is 5.32. The van der Waals surface area contributed by atoms with Gasteiger partial charge in [0.25, 0.3) is 5.91 Å². The van der Waals surface area contributed by atoms with Crippen molar-refractivity contribution < 1.29 is 18.0 Å². The summed E-state index contributed by atoms with van der Waals surface area (Å²) < 4.78 is 38.5. The van der Waals surface area contributed by atoms with Crippen LogP contribution in [0.3, 0.4) is 0 Å². The lowest BCUT2D eigenvalue weighted by Crippen LogP contribution is -2.27. The van der Waals surface area contributed by atoms with Crippen molar-refractivity contribution >= 4 is 5.91 Å². The van der Waals surface area contributed by atoms with Gasteiger partial charge in [-0.1, -0.05) is 12.1 Å². The normalized spacial score (nSPS) is 18.7. The van der Waals surface area contributed by atoms with E-state index in [0.29, 0.717) is 0 Å². The van der Waals surface area contributed by atoms with Crippen molar-refractivity contribution in [2.24, 2.45) is 0 Å². The quantitative estimate of drug-likeness (QED) is 0.773. The highest BCUT2D eigenvalue weighted by molar-refractivity contribution is 6.01. The van der Waals surface area contributed by atoms with Gasteiger partial charge in [0, 0.05) is 12.1 Å². The molecule has 3 nitrogen and oxygen atoms in total. The van der Waals surface area contributed by atoms with Crippen molar-refractivity contribution in [3.8, 4) is 6.07 Å². The largest absolute Gasteiger partial charge is 0.417 e. The smallest absolute Gasteiger partial charge is 0.319 e. The molecule has 1 atom stereocenters. The van der Waals surface area contributed by atoms with Crippen LogP contribution in [0.5, 0.6) is 0 Å². The van der Waals surface area contributed by atoms with E-state index in [1.165, 1.54) is 12.1 Å². The van der Waals surface area contributed by atoms with E-state index in [9.17, 15) is 18.0 Å². The lowest BCUT2D eigenvalue weighted by molar-refractivity contribution is -0.137. The molecule has 1 unspecified atom stereocenters. The maximum absolute atomic E-state index is 12.8. The number of halogens is 3. The van der Waals surface area contributed by atoms with Crippen LogP contribution in [0.4, 0.5) is 13.2 Å². The topological polar surface area (TPSA) is 44.1 Å². The number of carbonyl (C=O) groups is 1. The highest BCUT2D eigenvalue weighted by Gasteiger charge is 2.44. The third-order valence-corrected chi connectivity index (χ3v) is 2.95. The van der Waals surface area contributed by atoms with Crippen LogP contribution in [0.15, 0.2) is 18.2 Å². The molecular weight excluding hydrogens is 245 g/mol. The Kier molecular flexibility index (Phi) is 2.77. The summed E-state index contributed by atoms with van der Waals surface area (Å²) in [5.74, 6) is -0.730. The number of nitriles is 1. The molecular formula is C12H9F3N2O.